The molecule has 3 aromatic heterocycles. The van der Waals surface area contributed by atoms with Crippen LogP contribution in [0.2, 0.25) is 10.0 Å². The number of H-pyrrole nitrogens is 1. The van der Waals surface area contributed by atoms with Gasteiger partial charge in [0, 0.05) is 35.7 Å². The number of piperidine rings is 1. The van der Waals surface area contributed by atoms with Crippen molar-refractivity contribution in [2.75, 3.05) is 18.0 Å². The number of nitrogens with zero attached hydrogens (tertiary/aromatic N) is 6. The quantitative estimate of drug-likeness (QED) is 0.237. The number of tetrazole rings is 1. The van der Waals surface area contributed by atoms with Crippen molar-refractivity contribution in [2.24, 2.45) is 0 Å². The van der Waals surface area contributed by atoms with E-state index in [2.05, 4.69) is 36.7 Å². The highest BCUT2D eigenvalue weighted by Gasteiger charge is 2.34. The van der Waals surface area contributed by atoms with E-state index in [9.17, 15) is 0 Å². The van der Waals surface area contributed by atoms with Gasteiger partial charge in [-0.15, -0.1) is 10.2 Å². The minimum atomic E-state index is 0.141. The monoisotopic (exact) mass is 567 g/mol. The zero-order chi connectivity index (χ0) is 25.6. The van der Waals surface area contributed by atoms with Crippen LogP contribution < -0.4 is 4.90 Å². The summed E-state index contributed by atoms with van der Waals surface area (Å²) >= 11 is 14.7. The lowest BCUT2D eigenvalue weighted by Gasteiger charge is -2.31. The Morgan fingerprint density at radius 2 is 1.89 bits per heavy atom. The number of hydrogen-bond donors (Lipinski definition) is 1. The predicted octanol–water partition coefficient (Wildman–Crippen LogP) is 6.50. The molecular formula is C26H23Cl2N7O2S. The molecule has 1 N–H and O–H groups in total. The molecule has 0 radical (unpaired) electrons. The fourth-order valence-corrected chi connectivity index (χ4v) is 6.57. The molecule has 5 aromatic rings. The fraction of sp³-hybridized carbons (Fsp3) is 0.346. The number of rotatable bonds is 7. The number of halogens is 2. The third-order valence-electron chi connectivity index (χ3n) is 7.12. The number of anilines is 1. The number of nitrogens with one attached hydrogen (secondary N) is 1. The normalized spacial score (nSPS) is 16.5. The van der Waals surface area contributed by atoms with Gasteiger partial charge in [0.15, 0.2) is 5.13 Å². The van der Waals surface area contributed by atoms with E-state index in [0.717, 1.165) is 71.0 Å². The van der Waals surface area contributed by atoms with Crippen molar-refractivity contribution < 1.29 is 9.26 Å². The Bertz CT molecular complexity index is 1570. The van der Waals surface area contributed by atoms with Gasteiger partial charge < -0.3 is 14.2 Å². The van der Waals surface area contributed by atoms with Gasteiger partial charge in [0.05, 0.1) is 33.0 Å². The third kappa shape index (κ3) is 4.55. The minimum Gasteiger partial charge on any atom is -0.373 e. The van der Waals surface area contributed by atoms with Crippen molar-refractivity contribution in [3.8, 4) is 22.6 Å². The summed E-state index contributed by atoms with van der Waals surface area (Å²) in [5, 5.41) is 20.8. The second kappa shape index (κ2) is 9.92. The summed E-state index contributed by atoms with van der Waals surface area (Å²) in [6, 6.07) is 11.5. The van der Waals surface area contributed by atoms with Gasteiger partial charge >= 0.3 is 0 Å². The second-order valence-electron chi connectivity index (χ2n) is 9.66. The molecule has 0 bridgehead atoms. The van der Waals surface area contributed by atoms with Crippen molar-refractivity contribution in [2.45, 2.75) is 44.3 Å². The standard InChI is InChI=1S/C26H23Cl2N7O2S/c27-18-2-1-3-19(28)22(18)23-17(24(37-32-23)14-4-5-14)13-36-16-8-10-35(11-9-16)26-29-20-7-6-15(12-21(20)38-26)25-30-33-34-31-25/h1-3,6-7,12,14,16H,4-5,8-11,13H2,(H,30,31,33,34). The molecule has 1 aliphatic carbocycles. The number of fused-ring (bicyclic) bond motifs is 1. The van der Waals surface area contributed by atoms with Crippen molar-refractivity contribution in [1.29, 1.82) is 0 Å². The largest absolute Gasteiger partial charge is 0.373 e. The number of ether oxygens (including phenoxy) is 1. The third-order valence-corrected chi connectivity index (χ3v) is 8.83. The zero-order valence-corrected chi connectivity index (χ0v) is 22.6. The lowest BCUT2D eigenvalue weighted by atomic mass is 10.0. The molecule has 4 heterocycles. The van der Waals surface area contributed by atoms with Gasteiger partial charge in [-0.2, -0.15) is 5.21 Å². The molecular weight excluding hydrogens is 545 g/mol. The average molecular weight is 568 g/mol. The molecule has 0 spiro atoms. The minimum absolute atomic E-state index is 0.141. The van der Waals surface area contributed by atoms with Crippen LogP contribution in [0.25, 0.3) is 32.9 Å². The van der Waals surface area contributed by atoms with E-state index in [4.69, 9.17) is 37.4 Å². The first-order valence-corrected chi connectivity index (χ1v) is 14.1. The van der Waals surface area contributed by atoms with E-state index in [-0.39, 0.29) is 6.10 Å². The molecule has 12 heteroatoms. The topological polar surface area (TPSA) is 106 Å². The molecule has 1 saturated carbocycles. The first kappa shape index (κ1) is 24.0. The highest BCUT2D eigenvalue weighted by atomic mass is 35.5. The van der Waals surface area contributed by atoms with E-state index >= 15 is 0 Å². The van der Waals surface area contributed by atoms with Gasteiger partial charge in [-0.05, 0) is 61.2 Å². The Kier molecular flexibility index (Phi) is 6.27. The molecule has 0 atom stereocenters. The highest BCUT2D eigenvalue weighted by molar-refractivity contribution is 7.22. The van der Waals surface area contributed by atoms with Gasteiger partial charge in [0.1, 0.15) is 11.5 Å². The first-order valence-electron chi connectivity index (χ1n) is 12.6. The highest BCUT2D eigenvalue weighted by Crippen LogP contribution is 2.46. The number of aromatic amines is 1. The molecule has 1 saturated heterocycles. The molecule has 0 amide bonds. The molecule has 1 aliphatic heterocycles. The second-order valence-corrected chi connectivity index (χ2v) is 11.5. The van der Waals surface area contributed by atoms with Crippen molar-refractivity contribution in [3.05, 3.63) is 57.8 Å². The molecule has 9 nitrogen and oxygen atoms in total. The number of hydrogen-bond acceptors (Lipinski definition) is 9. The summed E-state index contributed by atoms with van der Waals surface area (Å²) in [4.78, 5) is 7.20. The van der Waals surface area contributed by atoms with Crippen molar-refractivity contribution in [3.63, 3.8) is 0 Å². The summed E-state index contributed by atoms with van der Waals surface area (Å²) in [5.74, 6) is 1.89. The SMILES string of the molecule is Clc1cccc(Cl)c1-c1noc(C2CC2)c1COC1CCN(c2nc3ccc(-c4nn[nH]n4)cc3s2)CC1. The lowest BCUT2D eigenvalue weighted by Crippen LogP contribution is -2.36. The van der Waals surface area contributed by atoms with Crippen LogP contribution in [0.1, 0.15) is 42.9 Å². The maximum atomic E-state index is 6.50. The molecule has 38 heavy (non-hydrogen) atoms. The Morgan fingerprint density at radius 1 is 1.08 bits per heavy atom. The van der Waals surface area contributed by atoms with E-state index in [1.54, 1.807) is 11.3 Å². The Balaban J connectivity index is 1.04. The summed E-state index contributed by atoms with van der Waals surface area (Å²) in [6.07, 6.45) is 4.18. The lowest BCUT2D eigenvalue weighted by molar-refractivity contribution is 0.0246. The van der Waals surface area contributed by atoms with Crippen LogP contribution in [0.4, 0.5) is 5.13 Å². The van der Waals surface area contributed by atoms with Gasteiger partial charge in [-0.3, -0.25) is 0 Å². The van der Waals surface area contributed by atoms with Gasteiger partial charge in [0.25, 0.3) is 0 Å². The molecule has 7 rings (SSSR count). The Hall–Kier alpha value is -3.05. The number of aromatic nitrogens is 6. The first-order chi connectivity index (χ1) is 18.6. The summed E-state index contributed by atoms with van der Waals surface area (Å²) < 4.78 is 13.3. The van der Waals surface area contributed by atoms with E-state index in [1.807, 2.05) is 30.3 Å². The van der Waals surface area contributed by atoms with Crippen LogP contribution >= 0.6 is 34.5 Å². The van der Waals surface area contributed by atoms with Crippen LogP contribution in [-0.2, 0) is 11.3 Å². The molecule has 2 fully saturated rings. The van der Waals surface area contributed by atoms with Gasteiger partial charge in [0.2, 0.25) is 5.82 Å². The van der Waals surface area contributed by atoms with Gasteiger partial charge in [-0.1, -0.05) is 45.8 Å². The fourth-order valence-electron chi connectivity index (χ4n) is 4.93. The van der Waals surface area contributed by atoms with Crippen molar-refractivity contribution in [1.82, 2.24) is 30.8 Å². The van der Waals surface area contributed by atoms with Crippen LogP contribution in [0.15, 0.2) is 40.9 Å². The molecule has 194 valence electrons. The summed E-state index contributed by atoms with van der Waals surface area (Å²) in [7, 11) is 0. The number of thiazole rings is 1. The summed E-state index contributed by atoms with van der Waals surface area (Å²) in [6.45, 7) is 2.19. The van der Waals surface area contributed by atoms with Crippen LogP contribution in [0.5, 0.6) is 0 Å². The van der Waals surface area contributed by atoms with Gasteiger partial charge in [-0.25, -0.2) is 4.98 Å². The molecule has 2 aromatic carbocycles. The Labute approximate surface area is 232 Å². The average Bonchev–Trinajstić information content (AvgIpc) is 3.30. The zero-order valence-electron chi connectivity index (χ0n) is 20.2. The van der Waals surface area contributed by atoms with Crippen molar-refractivity contribution >= 4 is 49.9 Å². The van der Waals surface area contributed by atoms with E-state index < -0.39 is 0 Å². The molecule has 0 unspecified atom stereocenters. The van der Waals surface area contributed by atoms with Crippen LogP contribution in [-0.4, -0.2) is 50.0 Å². The van der Waals surface area contributed by atoms with Crippen LogP contribution in [0.3, 0.4) is 0 Å². The maximum Gasteiger partial charge on any atom is 0.204 e. The smallest absolute Gasteiger partial charge is 0.204 e. The molecule has 2 aliphatic rings. The summed E-state index contributed by atoms with van der Waals surface area (Å²) in [5.41, 5.74) is 4.26. The maximum absolute atomic E-state index is 6.50. The van der Waals surface area contributed by atoms with Crippen LogP contribution in [0, 0.1) is 0 Å². The Morgan fingerprint density at radius 3 is 2.63 bits per heavy atom. The van der Waals surface area contributed by atoms with E-state index in [1.165, 1.54) is 0 Å². The predicted molar refractivity (Wildman–Crippen MR) is 147 cm³/mol. The van der Waals surface area contributed by atoms with E-state index in [0.29, 0.717) is 39.7 Å². The number of benzene rings is 2.